The predicted molar refractivity (Wildman–Crippen MR) is 26.8 cm³/mol. The van der Waals surface area contributed by atoms with E-state index < -0.39 is 6.17 Å². The van der Waals surface area contributed by atoms with Gasteiger partial charge >= 0.3 is 0 Å². The van der Waals surface area contributed by atoms with Crippen LogP contribution in [0, 0.1) is 0 Å². The molecule has 0 spiro atoms. The van der Waals surface area contributed by atoms with E-state index in [4.69, 9.17) is 5.11 Å². The number of alkyl halides is 1. The monoisotopic (exact) mass is 104 g/mol. The van der Waals surface area contributed by atoms with Gasteiger partial charge < -0.3 is 5.11 Å². The third kappa shape index (κ3) is 3.46. The smallest absolute Gasteiger partial charge is 0.120 e. The standard InChI is InChI=1S/C5H9FO/c1-2-5(6)3-4-7/h2,5,7H,1,3-4H2. The van der Waals surface area contributed by atoms with Gasteiger partial charge in [0.1, 0.15) is 6.17 Å². The minimum absolute atomic E-state index is 0.104. The molecule has 0 radical (unpaired) electrons. The number of hydrogen-bond donors (Lipinski definition) is 1. The molecule has 0 saturated heterocycles. The van der Waals surface area contributed by atoms with E-state index in [1.165, 1.54) is 6.08 Å². The van der Waals surface area contributed by atoms with Crippen molar-refractivity contribution in [3.05, 3.63) is 12.7 Å². The summed E-state index contributed by atoms with van der Waals surface area (Å²) in [6.45, 7) is 3.09. The summed E-state index contributed by atoms with van der Waals surface area (Å²) in [4.78, 5) is 0. The maximum Gasteiger partial charge on any atom is 0.120 e. The van der Waals surface area contributed by atoms with Gasteiger partial charge in [-0.2, -0.15) is 0 Å². The molecule has 42 valence electrons. The topological polar surface area (TPSA) is 20.2 Å². The summed E-state index contributed by atoms with van der Waals surface area (Å²) in [6.07, 6.45) is 0.310. The Morgan fingerprint density at radius 3 is 2.57 bits per heavy atom. The molecule has 1 N–H and O–H groups in total. The molecular formula is C5H9FO. The average Bonchev–Trinajstić information content (AvgIpc) is 1.68. The highest BCUT2D eigenvalue weighted by Gasteiger charge is 1.95. The van der Waals surface area contributed by atoms with Gasteiger partial charge in [0.05, 0.1) is 0 Å². The van der Waals surface area contributed by atoms with Gasteiger partial charge in [-0.25, -0.2) is 4.39 Å². The Kier molecular flexibility index (Phi) is 3.61. The van der Waals surface area contributed by atoms with E-state index in [0.717, 1.165) is 0 Å². The van der Waals surface area contributed by atoms with E-state index in [9.17, 15) is 4.39 Å². The number of rotatable bonds is 3. The summed E-state index contributed by atoms with van der Waals surface area (Å²) in [5.74, 6) is 0. The molecule has 0 heterocycles. The zero-order valence-electron chi connectivity index (χ0n) is 4.10. The first-order valence-corrected chi connectivity index (χ1v) is 2.18. The minimum atomic E-state index is -1.04. The first kappa shape index (κ1) is 6.63. The van der Waals surface area contributed by atoms with Crippen molar-refractivity contribution in [1.82, 2.24) is 0 Å². The van der Waals surface area contributed by atoms with Crippen LogP contribution in [-0.4, -0.2) is 17.9 Å². The van der Waals surface area contributed by atoms with E-state index in [0.29, 0.717) is 0 Å². The predicted octanol–water partition coefficient (Wildman–Crippen LogP) is 0.893. The third-order valence-corrected chi connectivity index (χ3v) is 0.661. The molecule has 0 rings (SSSR count). The fourth-order valence-electron chi connectivity index (χ4n) is 0.241. The molecule has 1 unspecified atom stereocenters. The van der Waals surface area contributed by atoms with Crippen LogP contribution in [0.3, 0.4) is 0 Å². The number of aliphatic hydroxyl groups excluding tert-OH is 1. The number of halogens is 1. The van der Waals surface area contributed by atoms with E-state index in [1.54, 1.807) is 0 Å². The lowest BCUT2D eigenvalue weighted by Crippen LogP contribution is -1.96. The maximum absolute atomic E-state index is 11.9. The zero-order chi connectivity index (χ0) is 5.70. The van der Waals surface area contributed by atoms with Gasteiger partial charge in [-0.3, -0.25) is 0 Å². The molecule has 0 amide bonds. The summed E-state index contributed by atoms with van der Waals surface area (Å²) < 4.78 is 11.9. The quantitative estimate of drug-likeness (QED) is 0.527. The van der Waals surface area contributed by atoms with Crippen LogP contribution < -0.4 is 0 Å². The molecule has 1 atom stereocenters. The third-order valence-electron chi connectivity index (χ3n) is 0.661. The van der Waals surface area contributed by atoms with E-state index in [-0.39, 0.29) is 13.0 Å². The van der Waals surface area contributed by atoms with Crippen molar-refractivity contribution in [2.75, 3.05) is 6.61 Å². The molecule has 0 aliphatic carbocycles. The second kappa shape index (κ2) is 3.81. The Labute approximate surface area is 42.5 Å². The second-order valence-corrected chi connectivity index (χ2v) is 1.26. The molecule has 1 nitrogen and oxygen atoms in total. The Morgan fingerprint density at radius 1 is 1.86 bits per heavy atom. The van der Waals surface area contributed by atoms with Gasteiger partial charge in [-0.05, 0) is 0 Å². The Hall–Kier alpha value is -0.370. The van der Waals surface area contributed by atoms with Crippen LogP contribution in [0.2, 0.25) is 0 Å². The van der Waals surface area contributed by atoms with Crippen molar-refractivity contribution in [3.8, 4) is 0 Å². The molecule has 0 aliphatic heterocycles. The second-order valence-electron chi connectivity index (χ2n) is 1.26. The first-order chi connectivity index (χ1) is 3.31. The minimum Gasteiger partial charge on any atom is -0.396 e. The Bertz CT molecular complexity index is 54.0. The van der Waals surface area contributed by atoms with Gasteiger partial charge in [0.25, 0.3) is 0 Å². The summed E-state index contributed by atoms with van der Waals surface area (Å²) >= 11 is 0. The molecule has 0 bridgehead atoms. The highest BCUT2D eigenvalue weighted by atomic mass is 19.1. The van der Waals surface area contributed by atoms with Gasteiger partial charge in [0, 0.05) is 13.0 Å². The molecular weight excluding hydrogens is 95.1 g/mol. The fourth-order valence-corrected chi connectivity index (χ4v) is 0.241. The Balaban J connectivity index is 2.98. The highest BCUT2D eigenvalue weighted by Crippen LogP contribution is 1.95. The summed E-state index contributed by atoms with van der Waals surface area (Å²) in [6, 6.07) is 0. The normalized spacial score (nSPS) is 13.4. The number of hydrogen-bond acceptors (Lipinski definition) is 1. The van der Waals surface area contributed by atoms with Crippen LogP contribution in [-0.2, 0) is 0 Å². The largest absolute Gasteiger partial charge is 0.396 e. The van der Waals surface area contributed by atoms with Crippen LogP contribution in [0.15, 0.2) is 12.7 Å². The summed E-state index contributed by atoms with van der Waals surface area (Å²) in [7, 11) is 0. The molecule has 2 heteroatoms. The molecule has 0 aromatic heterocycles. The lowest BCUT2D eigenvalue weighted by Gasteiger charge is -1.93. The molecule has 0 fully saturated rings. The molecule has 7 heavy (non-hydrogen) atoms. The van der Waals surface area contributed by atoms with Gasteiger partial charge in [-0.1, -0.05) is 6.08 Å². The van der Waals surface area contributed by atoms with Crippen molar-refractivity contribution in [2.24, 2.45) is 0 Å². The average molecular weight is 104 g/mol. The zero-order valence-corrected chi connectivity index (χ0v) is 4.10. The number of allylic oxidation sites excluding steroid dienone is 1. The maximum atomic E-state index is 11.9. The van der Waals surface area contributed by atoms with Crippen LogP contribution >= 0.6 is 0 Å². The van der Waals surface area contributed by atoms with Gasteiger partial charge in [-0.15, -0.1) is 6.58 Å². The molecule has 0 aromatic carbocycles. The SMILES string of the molecule is C=CC(F)CCO. The summed E-state index contributed by atoms with van der Waals surface area (Å²) in [5.41, 5.74) is 0. The first-order valence-electron chi connectivity index (χ1n) is 2.18. The van der Waals surface area contributed by atoms with E-state index >= 15 is 0 Å². The highest BCUT2D eigenvalue weighted by molar-refractivity contribution is 4.77. The number of aliphatic hydroxyl groups is 1. The van der Waals surface area contributed by atoms with Crippen molar-refractivity contribution in [1.29, 1.82) is 0 Å². The van der Waals surface area contributed by atoms with Crippen molar-refractivity contribution in [3.63, 3.8) is 0 Å². The Morgan fingerprint density at radius 2 is 2.43 bits per heavy atom. The van der Waals surface area contributed by atoms with Gasteiger partial charge in [0.2, 0.25) is 0 Å². The van der Waals surface area contributed by atoms with Crippen molar-refractivity contribution >= 4 is 0 Å². The fraction of sp³-hybridized carbons (Fsp3) is 0.600. The van der Waals surface area contributed by atoms with Crippen molar-refractivity contribution < 1.29 is 9.50 Å². The summed E-state index contributed by atoms with van der Waals surface area (Å²) in [5, 5.41) is 8.08. The van der Waals surface area contributed by atoms with Gasteiger partial charge in [0.15, 0.2) is 0 Å². The molecule has 0 saturated carbocycles. The molecule has 0 aliphatic rings. The lowest BCUT2D eigenvalue weighted by atomic mass is 10.3. The van der Waals surface area contributed by atoms with Crippen LogP contribution in [0.25, 0.3) is 0 Å². The van der Waals surface area contributed by atoms with Crippen LogP contribution in [0.5, 0.6) is 0 Å². The van der Waals surface area contributed by atoms with E-state index in [1.807, 2.05) is 0 Å². The lowest BCUT2D eigenvalue weighted by molar-refractivity contribution is 0.244. The molecule has 0 aromatic rings. The van der Waals surface area contributed by atoms with Crippen LogP contribution in [0.1, 0.15) is 6.42 Å². The van der Waals surface area contributed by atoms with Crippen LogP contribution in [0.4, 0.5) is 4.39 Å². The van der Waals surface area contributed by atoms with Crippen molar-refractivity contribution in [2.45, 2.75) is 12.6 Å². The van der Waals surface area contributed by atoms with E-state index in [2.05, 4.69) is 6.58 Å².